The molecule has 0 aliphatic carbocycles. The summed E-state index contributed by atoms with van der Waals surface area (Å²) in [6.45, 7) is 0.300. The Kier molecular flexibility index (Phi) is 5.81. The number of benzene rings is 2. The van der Waals surface area contributed by atoms with Gasteiger partial charge in [-0.25, -0.2) is 5.43 Å². The molecule has 8 heteroatoms. The Hall–Kier alpha value is -2.08. The van der Waals surface area contributed by atoms with Crippen LogP contribution in [0.25, 0.3) is 0 Å². The molecule has 1 heterocycles. The summed E-state index contributed by atoms with van der Waals surface area (Å²) in [7, 11) is 0. The summed E-state index contributed by atoms with van der Waals surface area (Å²) < 4.78 is 0. The lowest BCUT2D eigenvalue weighted by molar-refractivity contribution is -0.126. The van der Waals surface area contributed by atoms with Crippen molar-refractivity contribution >= 4 is 58.5 Å². The summed E-state index contributed by atoms with van der Waals surface area (Å²) in [6, 6.07) is 11.9. The molecular formula is C18H14Cl3N3O2. The number of halogens is 3. The van der Waals surface area contributed by atoms with Gasteiger partial charge in [-0.1, -0.05) is 40.9 Å². The van der Waals surface area contributed by atoms with Gasteiger partial charge in [0.15, 0.2) is 0 Å². The summed E-state index contributed by atoms with van der Waals surface area (Å²) >= 11 is 17.6. The van der Waals surface area contributed by atoms with E-state index in [-0.39, 0.29) is 18.2 Å². The first-order valence-corrected chi connectivity index (χ1v) is 8.91. The van der Waals surface area contributed by atoms with Gasteiger partial charge >= 0.3 is 0 Å². The van der Waals surface area contributed by atoms with Crippen molar-refractivity contribution in [1.29, 1.82) is 0 Å². The predicted molar refractivity (Wildman–Crippen MR) is 104 cm³/mol. The maximum Gasteiger partial charge on any atom is 0.245 e. The second kappa shape index (κ2) is 8.08. The largest absolute Gasteiger partial charge is 0.312 e. The highest BCUT2D eigenvalue weighted by molar-refractivity contribution is 6.42. The Labute approximate surface area is 165 Å². The molecule has 1 aliphatic heterocycles. The van der Waals surface area contributed by atoms with Gasteiger partial charge in [0.05, 0.1) is 22.2 Å². The van der Waals surface area contributed by atoms with Gasteiger partial charge in [0.1, 0.15) is 0 Å². The summed E-state index contributed by atoms with van der Waals surface area (Å²) in [5.74, 6) is -0.892. The summed E-state index contributed by atoms with van der Waals surface area (Å²) in [5, 5.41) is 5.36. The molecule has 1 fully saturated rings. The molecule has 1 aliphatic rings. The van der Waals surface area contributed by atoms with Crippen molar-refractivity contribution in [1.82, 2.24) is 5.43 Å². The average molecular weight is 411 g/mol. The van der Waals surface area contributed by atoms with Gasteiger partial charge < -0.3 is 4.90 Å². The van der Waals surface area contributed by atoms with Gasteiger partial charge in [-0.3, -0.25) is 9.59 Å². The van der Waals surface area contributed by atoms with E-state index in [1.165, 1.54) is 6.21 Å². The molecule has 2 aromatic rings. The van der Waals surface area contributed by atoms with Gasteiger partial charge in [-0.2, -0.15) is 5.10 Å². The molecular weight excluding hydrogens is 397 g/mol. The third-order valence-corrected chi connectivity index (χ3v) is 4.96. The van der Waals surface area contributed by atoms with Gasteiger partial charge in [0, 0.05) is 23.7 Å². The van der Waals surface area contributed by atoms with Crippen molar-refractivity contribution in [3.8, 4) is 0 Å². The first-order valence-electron chi connectivity index (χ1n) is 7.78. The fraction of sp³-hybridized carbons (Fsp3) is 0.167. The normalized spacial score (nSPS) is 17.1. The fourth-order valence-corrected chi connectivity index (χ4v) is 3.04. The molecule has 0 aromatic heterocycles. The molecule has 0 spiro atoms. The number of nitrogens with zero attached hydrogens (tertiary/aromatic N) is 2. The van der Waals surface area contributed by atoms with E-state index in [0.29, 0.717) is 32.9 Å². The first-order chi connectivity index (χ1) is 12.4. The SMILES string of the molecule is O=C(N/N=C\c1ccc(Cl)c(Cl)c1)[C@@H]1CC(=O)N(c2ccc(Cl)cc2)C1. The van der Waals surface area contributed by atoms with Crippen LogP contribution in [-0.2, 0) is 9.59 Å². The molecule has 1 saturated heterocycles. The molecule has 2 amide bonds. The molecule has 0 saturated carbocycles. The maximum absolute atomic E-state index is 12.3. The highest BCUT2D eigenvalue weighted by Crippen LogP contribution is 2.26. The minimum Gasteiger partial charge on any atom is -0.312 e. The van der Waals surface area contributed by atoms with E-state index in [1.54, 1.807) is 47.4 Å². The number of anilines is 1. The van der Waals surface area contributed by atoms with Crippen LogP contribution in [0.2, 0.25) is 15.1 Å². The Bertz CT molecular complexity index is 868. The van der Waals surface area contributed by atoms with Crippen LogP contribution in [0.3, 0.4) is 0 Å². The van der Waals surface area contributed by atoms with Crippen molar-refractivity contribution in [2.45, 2.75) is 6.42 Å². The Morgan fingerprint density at radius 2 is 1.85 bits per heavy atom. The van der Waals surface area contributed by atoms with Crippen LogP contribution in [0.15, 0.2) is 47.6 Å². The van der Waals surface area contributed by atoms with Crippen molar-refractivity contribution in [3.63, 3.8) is 0 Å². The van der Waals surface area contributed by atoms with Crippen LogP contribution in [0.5, 0.6) is 0 Å². The first kappa shape index (κ1) is 18.7. The molecule has 134 valence electrons. The summed E-state index contributed by atoms with van der Waals surface area (Å²) in [6.07, 6.45) is 1.60. The monoisotopic (exact) mass is 409 g/mol. The zero-order valence-electron chi connectivity index (χ0n) is 13.5. The predicted octanol–water partition coefficient (Wildman–Crippen LogP) is 4.15. The molecule has 3 rings (SSSR count). The van der Waals surface area contributed by atoms with Crippen molar-refractivity contribution in [2.24, 2.45) is 11.0 Å². The van der Waals surface area contributed by atoms with Crippen molar-refractivity contribution in [2.75, 3.05) is 11.4 Å². The molecule has 0 radical (unpaired) electrons. The van der Waals surface area contributed by atoms with Crippen molar-refractivity contribution < 1.29 is 9.59 Å². The van der Waals surface area contributed by atoms with Gasteiger partial charge in [-0.15, -0.1) is 0 Å². The van der Waals surface area contributed by atoms with Gasteiger partial charge in [0.25, 0.3) is 0 Å². The lowest BCUT2D eigenvalue weighted by Gasteiger charge is -2.16. The highest BCUT2D eigenvalue weighted by atomic mass is 35.5. The lowest BCUT2D eigenvalue weighted by Crippen LogP contribution is -2.30. The van der Waals surface area contributed by atoms with Crippen LogP contribution >= 0.6 is 34.8 Å². The van der Waals surface area contributed by atoms with E-state index in [1.807, 2.05) is 0 Å². The minimum atomic E-state index is -0.468. The number of nitrogens with one attached hydrogen (secondary N) is 1. The number of hydrogen-bond acceptors (Lipinski definition) is 3. The number of carbonyl (C=O) groups excluding carboxylic acids is 2. The zero-order valence-corrected chi connectivity index (χ0v) is 15.7. The summed E-state index contributed by atoms with van der Waals surface area (Å²) in [5.41, 5.74) is 3.88. The second-order valence-corrected chi connectivity index (χ2v) is 7.04. The molecule has 5 nitrogen and oxygen atoms in total. The van der Waals surface area contributed by atoms with Crippen LogP contribution < -0.4 is 10.3 Å². The smallest absolute Gasteiger partial charge is 0.245 e. The lowest BCUT2D eigenvalue weighted by atomic mass is 10.1. The summed E-state index contributed by atoms with van der Waals surface area (Å²) in [4.78, 5) is 26.0. The quantitative estimate of drug-likeness (QED) is 0.608. The maximum atomic E-state index is 12.3. The van der Waals surface area contributed by atoms with Crippen LogP contribution in [-0.4, -0.2) is 24.6 Å². The van der Waals surface area contributed by atoms with E-state index in [4.69, 9.17) is 34.8 Å². The average Bonchev–Trinajstić information content (AvgIpc) is 3.00. The molecule has 2 aromatic carbocycles. The van der Waals surface area contributed by atoms with Gasteiger partial charge in [0.2, 0.25) is 11.8 Å². The fourth-order valence-electron chi connectivity index (χ4n) is 2.61. The second-order valence-electron chi connectivity index (χ2n) is 5.79. The van der Waals surface area contributed by atoms with Gasteiger partial charge in [-0.05, 0) is 42.0 Å². The zero-order chi connectivity index (χ0) is 18.7. The van der Waals surface area contributed by atoms with Crippen LogP contribution in [0, 0.1) is 5.92 Å². The van der Waals surface area contributed by atoms with Crippen LogP contribution in [0.1, 0.15) is 12.0 Å². The number of rotatable bonds is 4. The van der Waals surface area contributed by atoms with E-state index < -0.39 is 5.92 Å². The number of hydrazone groups is 1. The third-order valence-electron chi connectivity index (χ3n) is 3.97. The topological polar surface area (TPSA) is 61.8 Å². The highest BCUT2D eigenvalue weighted by Gasteiger charge is 2.35. The molecule has 1 atom stereocenters. The van der Waals surface area contributed by atoms with Crippen LogP contribution in [0.4, 0.5) is 5.69 Å². The van der Waals surface area contributed by atoms with Crippen molar-refractivity contribution in [3.05, 3.63) is 63.1 Å². The third kappa shape index (κ3) is 4.36. The number of amides is 2. The van der Waals surface area contributed by atoms with E-state index in [0.717, 1.165) is 0 Å². The van der Waals surface area contributed by atoms with E-state index in [9.17, 15) is 9.59 Å². The van der Waals surface area contributed by atoms with E-state index >= 15 is 0 Å². The number of carbonyl (C=O) groups is 2. The standard InChI is InChI=1S/C18H14Cl3N3O2/c19-13-2-4-14(5-3-13)24-10-12(8-17(24)25)18(26)23-22-9-11-1-6-15(20)16(21)7-11/h1-7,9,12H,8,10H2,(H,23,26)/b22-9-/t12-/m1/s1. The minimum absolute atomic E-state index is 0.110. The molecule has 0 bridgehead atoms. The Balaban J connectivity index is 1.60. The molecule has 1 N–H and O–H groups in total. The Morgan fingerprint density at radius 1 is 1.12 bits per heavy atom. The Morgan fingerprint density at radius 3 is 2.54 bits per heavy atom. The number of hydrogen-bond donors (Lipinski definition) is 1. The molecule has 0 unspecified atom stereocenters. The molecule has 26 heavy (non-hydrogen) atoms. The van der Waals surface area contributed by atoms with E-state index in [2.05, 4.69) is 10.5 Å².